The number of Topliss-reactive ketones (excluding diaryl/α,β-unsaturated/α-hetero) is 1. The minimum atomic E-state index is -0.346. The van der Waals surface area contributed by atoms with E-state index in [1.807, 2.05) is 6.92 Å². The summed E-state index contributed by atoms with van der Waals surface area (Å²) < 4.78 is 5.48. The average molecular weight is 327 g/mol. The maximum Gasteiger partial charge on any atom is 0.188 e. The highest BCUT2D eigenvalue weighted by molar-refractivity contribution is 9.09. The molecular weight excluding hydrogens is 304 g/mol. The van der Waals surface area contributed by atoms with Gasteiger partial charge in [0.05, 0.1) is 0 Å². The minimum Gasteiger partial charge on any atom is -0.373 e. The van der Waals surface area contributed by atoms with Crippen molar-refractivity contribution in [2.45, 2.75) is 39.2 Å². The lowest BCUT2D eigenvalue weighted by atomic mass is 9.56. The second kappa shape index (κ2) is 5.53. The third kappa shape index (κ3) is 2.25. The van der Waals surface area contributed by atoms with E-state index in [0.29, 0.717) is 5.92 Å². The van der Waals surface area contributed by atoms with Gasteiger partial charge in [0.15, 0.2) is 5.78 Å². The molecule has 2 aliphatic carbocycles. The first-order chi connectivity index (χ1) is 8.97. The van der Waals surface area contributed by atoms with Crippen molar-refractivity contribution in [3.05, 3.63) is 23.8 Å². The molecule has 0 amide bonds. The van der Waals surface area contributed by atoms with Crippen molar-refractivity contribution in [2.24, 2.45) is 17.3 Å². The van der Waals surface area contributed by atoms with Crippen molar-refractivity contribution >= 4 is 21.7 Å². The summed E-state index contributed by atoms with van der Waals surface area (Å²) in [4.78, 5) is 12.8. The Balaban J connectivity index is 2.48. The predicted molar refractivity (Wildman–Crippen MR) is 81.4 cm³/mol. The summed E-state index contributed by atoms with van der Waals surface area (Å²) in [5.41, 5.74) is 2.01. The Morgan fingerprint density at radius 1 is 1.63 bits per heavy atom. The lowest BCUT2D eigenvalue weighted by Crippen LogP contribution is -2.51. The summed E-state index contributed by atoms with van der Waals surface area (Å²) in [5, 5.41) is 0.846. The van der Waals surface area contributed by atoms with Gasteiger partial charge in [0, 0.05) is 29.3 Å². The lowest BCUT2D eigenvalue weighted by molar-refractivity contribution is -0.133. The molecule has 0 aromatic heterocycles. The monoisotopic (exact) mass is 326 g/mol. The number of fused-ring (bicyclic) bond motifs is 1. The van der Waals surface area contributed by atoms with Gasteiger partial charge in [-0.2, -0.15) is 0 Å². The standard InChI is InChI=1S/C16H23BrO2/c1-10(2)12-8-16(9-17)11(3)6-5-7-13(16)14(18)15(12)19-4/h7,11-12,15H,1,5-6,8-9H2,2-4H3. The van der Waals surface area contributed by atoms with Crippen molar-refractivity contribution in [2.75, 3.05) is 12.4 Å². The van der Waals surface area contributed by atoms with E-state index in [9.17, 15) is 4.79 Å². The maximum atomic E-state index is 12.8. The van der Waals surface area contributed by atoms with E-state index in [1.54, 1.807) is 7.11 Å². The quantitative estimate of drug-likeness (QED) is 0.580. The highest BCUT2D eigenvalue weighted by atomic mass is 79.9. The summed E-state index contributed by atoms with van der Waals surface area (Å²) in [6, 6.07) is 0. The number of rotatable bonds is 3. The Labute approximate surface area is 124 Å². The number of carbonyl (C=O) groups is 1. The van der Waals surface area contributed by atoms with Gasteiger partial charge in [-0.15, -0.1) is 0 Å². The van der Waals surface area contributed by atoms with Crippen LogP contribution in [0.5, 0.6) is 0 Å². The van der Waals surface area contributed by atoms with E-state index in [0.717, 1.165) is 35.7 Å². The van der Waals surface area contributed by atoms with E-state index >= 15 is 0 Å². The third-order valence-electron chi connectivity index (χ3n) is 5.03. The smallest absolute Gasteiger partial charge is 0.188 e. The molecule has 1 fully saturated rings. The number of methoxy groups -OCH3 is 1. The van der Waals surface area contributed by atoms with E-state index in [1.165, 1.54) is 0 Å². The topological polar surface area (TPSA) is 26.3 Å². The number of ketones is 1. The Hall–Kier alpha value is -0.410. The molecule has 2 nitrogen and oxygen atoms in total. The molecule has 0 radical (unpaired) electrons. The van der Waals surface area contributed by atoms with Gasteiger partial charge in [0.1, 0.15) is 6.10 Å². The van der Waals surface area contributed by atoms with Gasteiger partial charge >= 0.3 is 0 Å². The molecule has 0 spiro atoms. The number of hydrogen-bond acceptors (Lipinski definition) is 2. The molecule has 3 heteroatoms. The minimum absolute atomic E-state index is 0.0337. The second-order valence-corrected chi connectivity index (χ2v) is 6.62. The molecule has 0 saturated heterocycles. The molecule has 2 aliphatic rings. The summed E-state index contributed by atoms with van der Waals surface area (Å²) in [6.07, 6.45) is 4.92. The summed E-state index contributed by atoms with van der Waals surface area (Å²) in [6.45, 7) is 8.35. The number of halogens is 1. The van der Waals surface area contributed by atoms with Gasteiger partial charge in [0.25, 0.3) is 0 Å². The fourth-order valence-electron chi connectivity index (χ4n) is 3.68. The first-order valence-electron chi connectivity index (χ1n) is 6.97. The Bertz CT molecular complexity index is 426. The first kappa shape index (κ1) is 15.0. The van der Waals surface area contributed by atoms with Crippen molar-refractivity contribution in [1.29, 1.82) is 0 Å². The van der Waals surface area contributed by atoms with Gasteiger partial charge in [-0.3, -0.25) is 4.79 Å². The molecule has 19 heavy (non-hydrogen) atoms. The van der Waals surface area contributed by atoms with Gasteiger partial charge in [-0.05, 0) is 32.1 Å². The normalized spacial score (nSPS) is 38.6. The molecule has 4 atom stereocenters. The van der Waals surface area contributed by atoms with E-state index < -0.39 is 0 Å². The van der Waals surface area contributed by atoms with E-state index in [2.05, 4.69) is 35.5 Å². The zero-order valence-electron chi connectivity index (χ0n) is 12.0. The highest BCUT2D eigenvalue weighted by Crippen LogP contribution is 2.53. The van der Waals surface area contributed by atoms with Crippen LogP contribution in [0.2, 0.25) is 0 Å². The van der Waals surface area contributed by atoms with Crippen LogP contribution in [0.15, 0.2) is 23.8 Å². The van der Waals surface area contributed by atoms with Crippen LogP contribution in [-0.2, 0) is 9.53 Å². The van der Waals surface area contributed by atoms with Gasteiger partial charge in [-0.1, -0.05) is 41.1 Å². The lowest BCUT2D eigenvalue weighted by Gasteiger charge is -2.50. The molecule has 4 unspecified atom stereocenters. The molecule has 0 N–H and O–H groups in total. The van der Waals surface area contributed by atoms with Crippen LogP contribution in [0.1, 0.15) is 33.1 Å². The van der Waals surface area contributed by atoms with Crippen LogP contribution in [-0.4, -0.2) is 24.3 Å². The summed E-state index contributed by atoms with van der Waals surface area (Å²) in [7, 11) is 1.63. The average Bonchev–Trinajstić information content (AvgIpc) is 2.39. The van der Waals surface area contributed by atoms with Crippen LogP contribution >= 0.6 is 15.9 Å². The molecule has 0 heterocycles. The van der Waals surface area contributed by atoms with Crippen LogP contribution in [0.4, 0.5) is 0 Å². The van der Waals surface area contributed by atoms with Crippen LogP contribution < -0.4 is 0 Å². The highest BCUT2D eigenvalue weighted by Gasteiger charge is 2.52. The Morgan fingerprint density at radius 3 is 2.84 bits per heavy atom. The number of hydrogen-bond donors (Lipinski definition) is 0. The first-order valence-corrected chi connectivity index (χ1v) is 8.09. The van der Waals surface area contributed by atoms with E-state index in [-0.39, 0.29) is 23.2 Å². The van der Waals surface area contributed by atoms with Crippen molar-refractivity contribution in [3.63, 3.8) is 0 Å². The number of carbonyl (C=O) groups excluding carboxylic acids is 1. The fourth-order valence-corrected chi connectivity index (χ4v) is 4.76. The molecule has 0 aromatic carbocycles. The molecular formula is C16H23BrO2. The number of ether oxygens (including phenoxy) is 1. The van der Waals surface area contributed by atoms with Gasteiger partial charge < -0.3 is 4.74 Å². The third-order valence-corrected chi connectivity index (χ3v) is 6.03. The van der Waals surface area contributed by atoms with Crippen molar-refractivity contribution in [1.82, 2.24) is 0 Å². The molecule has 0 aromatic rings. The summed E-state index contributed by atoms with van der Waals surface area (Å²) in [5.74, 6) is 0.830. The largest absolute Gasteiger partial charge is 0.373 e. The van der Waals surface area contributed by atoms with E-state index in [4.69, 9.17) is 4.74 Å². The Morgan fingerprint density at radius 2 is 2.32 bits per heavy atom. The second-order valence-electron chi connectivity index (χ2n) is 6.06. The van der Waals surface area contributed by atoms with Crippen LogP contribution in [0, 0.1) is 17.3 Å². The SMILES string of the molecule is C=C(C)C1CC2(CBr)C(=CCCC2C)C(=O)C1OC. The number of alkyl halides is 1. The van der Waals surface area contributed by atoms with Crippen LogP contribution in [0.3, 0.4) is 0 Å². The summed E-state index contributed by atoms with van der Waals surface area (Å²) >= 11 is 3.67. The van der Waals surface area contributed by atoms with Gasteiger partial charge in [-0.25, -0.2) is 0 Å². The molecule has 106 valence electrons. The van der Waals surface area contributed by atoms with Crippen LogP contribution in [0.25, 0.3) is 0 Å². The van der Waals surface area contributed by atoms with Gasteiger partial charge in [0.2, 0.25) is 0 Å². The Kier molecular flexibility index (Phi) is 4.36. The molecule has 1 saturated carbocycles. The molecule has 0 aliphatic heterocycles. The zero-order chi connectivity index (χ0) is 14.2. The maximum absolute atomic E-state index is 12.8. The van der Waals surface area contributed by atoms with Crippen molar-refractivity contribution < 1.29 is 9.53 Å². The van der Waals surface area contributed by atoms with Crippen molar-refractivity contribution in [3.8, 4) is 0 Å². The molecule has 2 rings (SSSR count). The number of allylic oxidation sites excluding steroid dienone is 1. The predicted octanol–water partition coefficient (Wildman–Crippen LogP) is 3.90. The fraction of sp³-hybridized carbons (Fsp3) is 0.688. The zero-order valence-corrected chi connectivity index (χ0v) is 13.6. The molecule has 0 bridgehead atoms.